The van der Waals surface area contributed by atoms with E-state index >= 15 is 0 Å². The molecule has 23 heavy (non-hydrogen) atoms. The number of para-hydroxylation sites is 1. The summed E-state index contributed by atoms with van der Waals surface area (Å²) in [6, 6.07) is 10.2. The lowest BCUT2D eigenvalue weighted by molar-refractivity contribution is 0.0943. The number of aromatic amines is 1. The van der Waals surface area contributed by atoms with Crippen molar-refractivity contribution in [3.8, 4) is 5.69 Å². The van der Waals surface area contributed by atoms with Crippen molar-refractivity contribution in [2.24, 2.45) is 5.73 Å². The predicted molar refractivity (Wildman–Crippen MR) is 77.4 cm³/mol. The Morgan fingerprint density at radius 3 is 2.70 bits per heavy atom. The van der Waals surface area contributed by atoms with Crippen molar-refractivity contribution in [1.29, 1.82) is 0 Å². The standard InChI is InChI=1S/C13H12N8O2/c14-12(22)10-6-9(13(23)15-7-11-16-19-20-17-11)18-21(10)8-4-2-1-3-5-8/h1-6H,7H2,(H2,14,22)(H,15,23)(H,16,17,19,20). The number of amides is 2. The molecule has 0 spiro atoms. The summed E-state index contributed by atoms with van der Waals surface area (Å²) in [5, 5.41) is 19.8. The van der Waals surface area contributed by atoms with E-state index in [-0.39, 0.29) is 17.9 Å². The number of nitrogens with zero attached hydrogens (tertiary/aromatic N) is 5. The summed E-state index contributed by atoms with van der Waals surface area (Å²) in [6.07, 6.45) is 0. The number of benzene rings is 1. The van der Waals surface area contributed by atoms with Gasteiger partial charge in [-0.15, -0.1) is 10.2 Å². The SMILES string of the molecule is NC(=O)c1cc(C(=O)NCc2nn[nH]n2)nn1-c1ccccc1. The summed E-state index contributed by atoms with van der Waals surface area (Å²) in [6.45, 7) is 0.0828. The number of carbonyl (C=O) groups is 2. The highest BCUT2D eigenvalue weighted by atomic mass is 16.2. The molecule has 2 amide bonds. The van der Waals surface area contributed by atoms with Crippen LogP contribution in [0.5, 0.6) is 0 Å². The Morgan fingerprint density at radius 1 is 1.26 bits per heavy atom. The molecule has 10 heteroatoms. The van der Waals surface area contributed by atoms with Gasteiger partial charge < -0.3 is 11.1 Å². The van der Waals surface area contributed by atoms with Gasteiger partial charge in [-0.2, -0.15) is 10.3 Å². The van der Waals surface area contributed by atoms with E-state index in [1.807, 2.05) is 6.07 Å². The molecular formula is C13H12N8O2. The Hall–Kier alpha value is -3.56. The summed E-state index contributed by atoms with van der Waals surface area (Å²) in [5.41, 5.74) is 6.15. The minimum atomic E-state index is -0.682. The number of nitrogens with two attached hydrogens (primary N) is 1. The van der Waals surface area contributed by atoms with Crippen molar-refractivity contribution in [3.63, 3.8) is 0 Å². The van der Waals surface area contributed by atoms with Crippen LogP contribution < -0.4 is 11.1 Å². The lowest BCUT2D eigenvalue weighted by atomic mass is 10.3. The lowest BCUT2D eigenvalue weighted by Gasteiger charge is -2.03. The van der Waals surface area contributed by atoms with Crippen molar-refractivity contribution in [2.45, 2.75) is 6.54 Å². The molecule has 2 aromatic heterocycles. The fourth-order valence-electron chi connectivity index (χ4n) is 1.94. The second-order valence-corrected chi connectivity index (χ2v) is 4.54. The fourth-order valence-corrected chi connectivity index (χ4v) is 1.94. The van der Waals surface area contributed by atoms with Crippen LogP contribution in [0.3, 0.4) is 0 Å². The third-order valence-corrected chi connectivity index (χ3v) is 2.99. The molecule has 0 aliphatic heterocycles. The predicted octanol–water partition coefficient (Wildman–Crippen LogP) is -0.586. The maximum absolute atomic E-state index is 12.1. The maximum Gasteiger partial charge on any atom is 0.272 e. The topological polar surface area (TPSA) is 144 Å². The van der Waals surface area contributed by atoms with Crippen molar-refractivity contribution < 1.29 is 9.59 Å². The number of tetrazole rings is 1. The maximum atomic E-state index is 12.1. The number of nitrogens with one attached hydrogen (secondary N) is 2. The van der Waals surface area contributed by atoms with Gasteiger partial charge in [0.25, 0.3) is 11.8 Å². The Labute approximate surface area is 129 Å². The minimum Gasteiger partial charge on any atom is -0.364 e. The highest BCUT2D eigenvalue weighted by molar-refractivity contribution is 5.97. The summed E-state index contributed by atoms with van der Waals surface area (Å²) >= 11 is 0. The van der Waals surface area contributed by atoms with Gasteiger partial charge in [0.1, 0.15) is 5.69 Å². The number of hydrogen-bond acceptors (Lipinski definition) is 6. The van der Waals surface area contributed by atoms with E-state index in [4.69, 9.17) is 5.73 Å². The van der Waals surface area contributed by atoms with Gasteiger partial charge in [0.15, 0.2) is 11.5 Å². The molecule has 1 aromatic carbocycles. The van der Waals surface area contributed by atoms with Crippen LogP contribution >= 0.6 is 0 Å². The van der Waals surface area contributed by atoms with Gasteiger partial charge in [-0.25, -0.2) is 4.68 Å². The number of H-pyrrole nitrogens is 1. The number of primary amides is 1. The molecule has 0 saturated heterocycles. The average molecular weight is 312 g/mol. The Kier molecular flexibility index (Phi) is 3.78. The quantitative estimate of drug-likeness (QED) is 0.574. The second-order valence-electron chi connectivity index (χ2n) is 4.54. The molecule has 3 rings (SSSR count). The molecular weight excluding hydrogens is 300 g/mol. The zero-order chi connectivity index (χ0) is 16.2. The van der Waals surface area contributed by atoms with E-state index in [2.05, 4.69) is 31.0 Å². The first-order valence-corrected chi connectivity index (χ1v) is 6.61. The van der Waals surface area contributed by atoms with Crippen molar-refractivity contribution in [2.75, 3.05) is 0 Å². The molecule has 0 aliphatic rings. The Bertz CT molecular complexity index is 825. The molecule has 10 nitrogen and oxygen atoms in total. The van der Waals surface area contributed by atoms with Crippen molar-refractivity contribution in [3.05, 3.63) is 53.6 Å². The number of rotatable bonds is 5. The van der Waals surface area contributed by atoms with Gasteiger partial charge >= 0.3 is 0 Å². The Balaban J connectivity index is 1.85. The number of carbonyl (C=O) groups excluding carboxylic acids is 2. The van der Waals surface area contributed by atoms with E-state index in [0.29, 0.717) is 11.5 Å². The zero-order valence-corrected chi connectivity index (χ0v) is 11.8. The third kappa shape index (κ3) is 3.05. The molecule has 0 bridgehead atoms. The van der Waals surface area contributed by atoms with Crippen molar-refractivity contribution in [1.82, 2.24) is 35.7 Å². The van der Waals surface area contributed by atoms with Crippen molar-refractivity contribution >= 4 is 11.8 Å². The normalized spacial score (nSPS) is 10.4. The van der Waals surface area contributed by atoms with Crippen LogP contribution in [-0.4, -0.2) is 42.2 Å². The largest absolute Gasteiger partial charge is 0.364 e. The molecule has 2 heterocycles. The summed E-state index contributed by atoms with van der Waals surface area (Å²) in [7, 11) is 0. The van der Waals surface area contributed by atoms with Gasteiger partial charge in [0, 0.05) is 6.07 Å². The van der Waals surface area contributed by atoms with E-state index in [1.165, 1.54) is 10.7 Å². The van der Waals surface area contributed by atoms with E-state index in [9.17, 15) is 9.59 Å². The van der Waals surface area contributed by atoms with Crippen LogP contribution in [0, 0.1) is 0 Å². The second kappa shape index (κ2) is 6.05. The van der Waals surface area contributed by atoms with Crippen LogP contribution in [-0.2, 0) is 6.54 Å². The number of hydrogen-bond donors (Lipinski definition) is 3. The van der Waals surface area contributed by atoms with Crippen LogP contribution in [0.25, 0.3) is 5.69 Å². The first kappa shape index (κ1) is 14.4. The molecule has 116 valence electrons. The molecule has 0 atom stereocenters. The summed E-state index contributed by atoms with van der Waals surface area (Å²) in [5.74, 6) is -0.832. The van der Waals surface area contributed by atoms with E-state index < -0.39 is 11.8 Å². The molecule has 0 aliphatic carbocycles. The number of aromatic nitrogens is 6. The molecule has 0 saturated carbocycles. The Morgan fingerprint density at radius 2 is 2.04 bits per heavy atom. The minimum absolute atomic E-state index is 0.0612. The monoisotopic (exact) mass is 312 g/mol. The molecule has 0 unspecified atom stereocenters. The first-order chi connectivity index (χ1) is 11.1. The lowest BCUT2D eigenvalue weighted by Crippen LogP contribution is -2.24. The van der Waals surface area contributed by atoms with E-state index in [0.717, 1.165) is 0 Å². The molecule has 0 fully saturated rings. The third-order valence-electron chi connectivity index (χ3n) is 2.99. The molecule has 3 aromatic rings. The van der Waals surface area contributed by atoms with Crippen LogP contribution in [0.4, 0.5) is 0 Å². The highest BCUT2D eigenvalue weighted by Gasteiger charge is 2.18. The van der Waals surface area contributed by atoms with Gasteiger partial charge in [0.2, 0.25) is 0 Å². The summed E-state index contributed by atoms with van der Waals surface area (Å²) < 4.78 is 1.32. The smallest absolute Gasteiger partial charge is 0.272 e. The van der Waals surface area contributed by atoms with Gasteiger partial charge in [-0.1, -0.05) is 23.4 Å². The molecule has 0 radical (unpaired) electrons. The van der Waals surface area contributed by atoms with Crippen LogP contribution in [0.2, 0.25) is 0 Å². The highest BCUT2D eigenvalue weighted by Crippen LogP contribution is 2.12. The van der Waals surface area contributed by atoms with Gasteiger partial charge in [0.05, 0.1) is 12.2 Å². The first-order valence-electron chi connectivity index (χ1n) is 6.61. The summed E-state index contributed by atoms with van der Waals surface area (Å²) in [4.78, 5) is 23.7. The molecule has 4 N–H and O–H groups in total. The van der Waals surface area contributed by atoms with Crippen LogP contribution in [0.15, 0.2) is 36.4 Å². The van der Waals surface area contributed by atoms with Crippen LogP contribution in [0.1, 0.15) is 26.8 Å². The van der Waals surface area contributed by atoms with Gasteiger partial charge in [-0.05, 0) is 12.1 Å². The fraction of sp³-hybridized carbons (Fsp3) is 0.0769. The van der Waals surface area contributed by atoms with Gasteiger partial charge in [-0.3, -0.25) is 9.59 Å². The van der Waals surface area contributed by atoms with E-state index in [1.54, 1.807) is 24.3 Å². The zero-order valence-electron chi connectivity index (χ0n) is 11.8. The average Bonchev–Trinajstić information content (AvgIpc) is 3.23.